The second kappa shape index (κ2) is 7.35. The van der Waals surface area contributed by atoms with Crippen molar-refractivity contribution in [3.63, 3.8) is 0 Å². The number of amides is 1. The Kier molecular flexibility index (Phi) is 5.46. The summed E-state index contributed by atoms with van der Waals surface area (Å²) >= 11 is 0. The third-order valence-electron chi connectivity index (χ3n) is 3.28. The first-order valence-corrected chi connectivity index (χ1v) is 7.07. The predicted molar refractivity (Wildman–Crippen MR) is 82.8 cm³/mol. The number of aliphatic hydroxyl groups excluding tert-OH is 1. The maximum Gasteiger partial charge on any atom is 0.393 e. The summed E-state index contributed by atoms with van der Waals surface area (Å²) in [5.41, 5.74) is 0.738. The molecule has 0 fully saturated rings. The van der Waals surface area contributed by atoms with Crippen molar-refractivity contribution in [1.29, 1.82) is 0 Å². The highest BCUT2D eigenvalue weighted by atomic mass is 19.4. The lowest BCUT2D eigenvalue weighted by molar-refractivity contribution is -0.127. The third-order valence-corrected chi connectivity index (χ3v) is 3.28. The van der Waals surface area contributed by atoms with Crippen molar-refractivity contribution < 1.29 is 27.8 Å². The number of hydrogen-bond acceptors (Lipinski definition) is 3. The zero-order chi connectivity index (χ0) is 17.7. The van der Waals surface area contributed by atoms with E-state index in [2.05, 4.69) is 5.32 Å². The van der Waals surface area contributed by atoms with Gasteiger partial charge in [0.25, 0.3) is 5.91 Å². The van der Waals surface area contributed by atoms with Crippen LogP contribution in [0.15, 0.2) is 48.5 Å². The van der Waals surface area contributed by atoms with E-state index in [4.69, 9.17) is 4.74 Å². The number of carbonyl (C=O) groups is 1. The van der Waals surface area contributed by atoms with Gasteiger partial charge in [-0.3, -0.25) is 4.79 Å². The molecule has 0 aromatic heterocycles. The number of methoxy groups -OCH3 is 1. The van der Waals surface area contributed by atoms with Crippen molar-refractivity contribution >= 4 is 11.6 Å². The van der Waals surface area contributed by atoms with E-state index in [1.165, 1.54) is 37.4 Å². The molecule has 24 heavy (non-hydrogen) atoms. The molecule has 0 aliphatic carbocycles. The number of halogens is 3. The molecule has 0 heterocycles. The van der Waals surface area contributed by atoms with Crippen LogP contribution in [0.3, 0.4) is 0 Å². The van der Waals surface area contributed by atoms with Crippen molar-refractivity contribution in [1.82, 2.24) is 0 Å². The fourth-order valence-electron chi connectivity index (χ4n) is 2.11. The molecule has 2 N–H and O–H groups in total. The number of aliphatic hydroxyl groups is 1. The molecule has 0 aliphatic rings. The zero-order valence-electron chi connectivity index (χ0n) is 12.8. The van der Waals surface area contributed by atoms with Crippen molar-refractivity contribution in [3.05, 3.63) is 59.7 Å². The van der Waals surface area contributed by atoms with Crippen LogP contribution >= 0.6 is 0 Å². The van der Waals surface area contributed by atoms with Gasteiger partial charge >= 0.3 is 6.18 Å². The first-order chi connectivity index (χ1) is 11.3. The molecule has 0 saturated heterocycles. The van der Waals surface area contributed by atoms with E-state index >= 15 is 0 Å². The summed E-state index contributed by atoms with van der Waals surface area (Å²) in [6, 6.07) is 11.7. The Bertz CT molecular complexity index is 699. The van der Waals surface area contributed by atoms with Crippen LogP contribution in [0.2, 0.25) is 0 Å². The minimum absolute atomic E-state index is 0.0915. The molecule has 7 heteroatoms. The molecule has 1 atom stereocenters. The van der Waals surface area contributed by atoms with Crippen LogP contribution in [0.1, 0.15) is 17.2 Å². The SMILES string of the molecule is COc1cccc(C(O)C(=O)Nc2ccc(CC(F)(F)F)cc2)c1. The Morgan fingerprint density at radius 3 is 2.46 bits per heavy atom. The summed E-state index contributed by atoms with van der Waals surface area (Å²) in [6.07, 6.45) is -6.74. The number of hydrogen-bond donors (Lipinski definition) is 2. The number of ether oxygens (including phenoxy) is 1. The minimum atomic E-state index is -4.28. The molecule has 1 amide bonds. The normalized spacial score (nSPS) is 12.5. The van der Waals surface area contributed by atoms with Gasteiger partial charge in [0.1, 0.15) is 5.75 Å². The Balaban J connectivity index is 2.03. The van der Waals surface area contributed by atoms with E-state index in [9.17, 15) is 23.1 Å². The van der Waals surface area contributed by atoms with E-state index < -0.39 is 24.6 Å². The van der Waals surface area contributed by atoms with Crippen molar-refractivity contribution in [2.75, 3.05) is 12.4 Å². The van der Waals surface area contributed by atoms with Crippen LogP contribution in [0, 0.1) is 0 Å². The number of rotatable bonds is 5. The summed E-state index contributed by atoms with van der Waals surface area (Å²) in [6.45, 7) is 0. The molecule has 2 rings (SSSR count). The maximum absolute atomic E-state index is 12.3. The van der Waals surface area contributed by atoms with Gasteiger partial charge in [-0.15, -0.1) is 0 Å². The number of alkyl halides is 3. The van der Waals surface area contributed by atoms with Gasteiger partial charge in [0, 0.05) is 5.69 Å². The zero-order valence-corrected chi connectivity index (χ0v) is 12.8. The molecule has 4 nitrogen and oxygen atoms in total. The molecule has 0 radical (unpaired) electrons. The fraction of sp³-hybridized carbons (Fsp3) is 0.235. The van der Waals surface area contributed by atoms with Gasteiger partial charge < -0.3 is 15.2 Å². The molecule has 2 aromatic rings. The van der Waals surface area contributed by atoms with Crippen LogP contribution in [-0.4, -0.2) is 24.3 Å². The monoisotopic (exact) mass is 339 g/mol. The Morgan fingerprint density at radius 2 is 1.88 bits per heavy atom. The van der Waals surface area contributed by atoms with Gasteiger partial charge in [-0.25, -0.2) is 0 Å². The van der Waals surface area contributed by atoms with E-state index in [0.29, 0.717) is 17.0 Å². The molecule has 0 aliphatic heterocycles. The summed E-state index contributed by atoms with van der Waals surface area (Å²) < 4.78 is 41.9. The quantitative estimate of drug-likeness (QED) is 0.877. The lowest BCUT2D eigenvalue weighted by atomic mass is 10.1. The molecule has 0 spiro atoms. The van der Waals surface area contributed by atoms with Gasteiger partial charge in [-0.05, 0) is 35.4 Å². The van der Waals surface area contributed by atoms with Crippen molar-refractivity contribution in [2.24, 2.45) is 0 Å². The standard InChI is InChI=1S/C17H16F3NO3/c1-24-14-4-2-3-12(9-14)15(22)16(23)21-13-7-5-11(6-8-13)10-17(18,19)20/h2-9,15,22H,10H2,1H3,(H,21,23). The summed E-state index contributed by atoms with van der Waals surface area (Å²) in [4.78, 5) is 12.0. The maximum atomic E-state index is 12.3. The van der Waals surface area contributed by atoms with Gasteiger partial charge in [-0.2, -0.15) is 13.2 Å². The first-order valence-electron chi connectivity index (χ1n) is 7.07. The molecule has 0 saturated carbocycles. The van der Waals surface area contributed by atoms with Gasteiger partial charge in [0.2, 0.25) is 0 Å². The number of anilines is 1. The number of carbonyl (C=O) groups excluding carboxylic acids is 1. The van der Waals surface area contributed by atoms with Gasteiger partial charge in [0.15, 0.2) is 6.10 Å². The van der Waals surface area contributed by atoms with Crippen LogP contribution in [0.5, 0.6) is 5.75 Å². The van der Waals surface area contributed by atoms with Crippen LogP contribution in [0.4, 0.5) is 18.9 Å². The largest absolute Gasteiger partial charge is 0.497 e. The highest BCUT2D eigenvalue weighted by Gasteiger charge is 2.27. The summed E-state index contributed by atoms with van der Waals surface area (Å²) in [7, 11) is 1.47. The Hall–Kier alpha value is -2.54. The smallest absolute Gasteiger partial charge is 0.393 e. The summed E-state index contributed by atoms with van der Waals surface area (Å²) in [5, 5.41) is 12.5. The van der Waals surface area contributed by atoms with Crippen LogP contribution in [0.25, 0.3) is 0 Å². The predicted octanol–water partition coefficient (Wildman–Crippen LogP) is 3.47. The minimum Gasteiger partial charge on any atom is -0.497 e. The topological polar surface area (TPSA) is 58.6 Å². The lowest BCUT2D eigenvalue weighted by Gasteiger charge is -2.13. The first kappa shape index (κ1) is 17.8. The molecular formula is C17H16F3NO3. The second-order valence-electron chi connectivity index (χ2n) is 5.16. The highest BCUT2D eigenvalue weighted by molar-refractivity contribution is 5.94. The van der Waals surface area contributed by atoms with Crippen LogP contribution < -0.4 is 10.1 Å². The van der Waals surface area contributed by atoms with E-state index in [1.807, 2.05) is 0 Å². The average Bonchev–Trinajstić information content (AvgIpc) is 2.54. The third kappa shape index (κ3) is 4.99. The fourth-order valence-corrected chi connectivity index (χ4v) is 2.11. The van der Waals surface area contributed by atoms with Crippen molar-refractivity contribution in [2.45, 2.75) is 18.7 Å². The second-order valence-corrected chi connectivity index (χ2v) is 5.16. The Labute approximate surface area is 136 Å². The lowest BCUT2D eigenvalue weighted by Crippen LogP contribution is -2.20. The molecule has 2 aromatic carbocycles. The summed E-state index contributed by atoms with van der Waals surface area (Å²) in [5.74, 6) is -0.192. The molecule has 128 valence electrons. The van der Waals surface area contributed by atoms with Crippen LogP contribution in [-0.2, 0) is 11.2 Å². The van der Waals surface area contributed by atoms with Gasteiger partial charge in [-0.1, -0.05) is 24.3 Å². The number of nitrogens with one attached hydrogen (secondary N) is 1. The van der Waals surface area contributed by atoms with E-state index in [0.717, 1.165) is 0 Å². The average molecular weight is 339 g/mol. The number of benzene rings is 2. The molecule has 1 unspecified atom stereocenters. The highest BCUT2D eigenvalue weighted by Crippen LogP contribution is 2.23. The van der Waals surface area contributed by atoms with Crippen molar-refractivity contribution in [3.8, 4) is 5.75 Å². The molecule has 0 bridgehead atoms. The molecular weight excluding hydrogens is 323 g/mol. The van der Waals surface area contributed by atoms with E-state index in [-0.39, 0.29) is 5.56 Å². The van der Waals surface area contributed by atoms with Gasteiger partial charge in [0.05, 0.1) is 13.5 Å². The Morgan fingerprint density at radius 1 is 1.21 bits per heavy atom. The van der Waals surface area contributed by atoms with E-state index in [1.54, 1.807) is 18.2 Å².